The van der Waals surface area contributed by atoms with Gasteiger partial charge in [-0.3, -0.25) is 4.79 Å². The Morgan fingerprint density at radius 3 is 3.06 bits per heavy atom. The Labute approximate surface area is 194 Å². The first kappa shape index (κ1) is 19.8. The van der Waals surface area contributed by atoms with E-state index in [0.717, 1.165) is 55.2 Å². The summed E-state index contributed by atoms with van der Waals surface area (Å²) in [5.41, 5.74) is 4.21. The van der Waals surface area contributed by atoms with Gasteiger partial charge in [0.2, 0.25) is 5.91 Å². The molecule has 172 valence electrons. The zero-order chi connectivity index (χ0) is 22.2. The van der Waals surface area contributed by atoms with Crippen molar-refractivity contribution in [3.8, 4) is 0 Å². The molecule has 2 saturated heterocycles. The van der Waals surface area contributed by atoms with Crippen molar-refractivity contribution in [3.63, 3.8) is 0 Å². The van der Waals surface area contributed by atoms with Crippen molar-refractivity contribution in [2.45, 2.75) is 56.9 Å². The lowest BCUT2D eigenvalue weighted by Crippen LogP contribution is -2.43. The summed E-state index contributed by atoms with van der Waals surface area (Å²) in [6.45, 7) is 5.03. The third-order valence-corrected chi connectivity index (χ3v) is 8.40. The van der Waals surface area contributed by atoms with Gasteiger partial charge in [0.05, 0.1) is 42.3 Å². The molecule has 2 bridgehead atoms. The molecule has 3 aliphatic heterocycles. The van der Waals surface area contributed by atoms with Crippen LogP contribution in [0.3, 0.4) is 0 Å². The van der Waals surface area contributed by atoms with Crippen LogP contribution in [0.1, 0.15) is 38.2 Å². The van der Waals surface area contributed by atoms with Crippen LogP contribution in [0.2, 0.25) is 0 Å². The number of ether oxygens (including phenoxy) is 2. The highest BCUT2D eigenvalue weighted by atomic mass is 16.5. The van der Waals surface area contributed by atoms with Crippen molar-refractivity contribution in [2.24, 2.45) is 11.8 Å². The van der Waals surface area contributed by atoms with Gasteiger partial charge in [-0.15, -0.1) is 0 Å². The number of aromatic nitrogens is 1. The summed E-state index contributed by atoms with van der Waals surface area (Å²) in [7, 11) is 0. The normalized spacial score (nSPS) is 33.2. The Morgan fingerprint density at radius 1 is 1.33 bits per heavy atom. The number of carbonyl (C=O) groups excluding carboxylic acids is 1. The van der Waals surface area contributed by atoms with Gasteiger partial charge in [-0.05, 0) is 56.9 Å². The zero-order valence-corrected chi connectivity index (χ0v) is 19.0. The van der Waals surface area contributed by atoms with Gasteiger partial charge in [0.1, 0.15) is 5.82 Å². The second kappa shape index (κ2) is 7.18. The number of fused-ring (bicyclic) bond motifs is 2. The minimum Gasteiger partial charge on any atom is -0.378 e. The van der Waals surface area contributed by atoms with Crippen LogP contribution >= 0.6 is 0 Å². The Hall–Kier alpha value is -2.64. The minimum atomic E-state index is -0.000917. The molecule has 33 heavy (non-hydrogen) atoms. The second-order valence-corrected chi connectivity index (χ2v) is 10.2. The Bertz CT molecular complexity index is 1120. The SMILES string of the molecule is CCO[C@@H]1CC[C@H](C(=O)N2Cc3cccnc3Nc3ccc(N4C[C@@]56CC5[C@@H]4CO6)cc32)C1. The third kappa shape index (κ3) is 3.02. The minimum absolute atomic E-state index is 0.000917. The summed E-state index contributed by atoms with van der Waals surface area (Å²) in [5.74, 6) is 1.70. The molecule has 1 aromatic heterocycles. The van der Waals surface area contributed by atoms with Crippen LogP contribution in [0.15, 0.2) is 36.5 Å². The lowest BCUT2D eigenvalue weighted by atomic mass is 10.0. The molecule has 2 aromatic rings. The number of benzene rings is 1. The average molecular weight is 447 g/mol. The van der Waals surface area contributed by atoms with E-state index in [2.05, 4.69) is 39.5 Å². The quantitative estimate of drug-likeness (QED) is 0.770. The topological polar surface area (TPSA) is 66.9 Å². The number of rotatable bonds is 4. The summed E-state index contributed by atoms with van der Waals surface area (Å²) in [6, 6.07) is 11.0. The van der Waals surface area contributed by atoms with Gasteiger partial charge in [-0.1, -0.05) is 6.07 Å². The van der Waals surface area contributed by atoms with Crippen LogP contribution in [0.25, 0.3) is 0 Å². The van der Waals surface area contributed by atoms with Crippen LogP contribution < -0.4 is 15.1 Å². The van der Waals surface area contributed by atoms with Gasteiger partial charge in [-0.25, -0.2) is 4.98 Å². The van der Waals surface area contributed by atoms with Crippen molar-refractivity contribution in [1.29, 1.82) is 0 Å². The molecule has 5 aliphatic rings. The molecule has 4 heterocycles. The van der Waals surface area contributed by atoms with E-state index in [1.807, 2.05) is 17.9 Å². The molecular weight excluding hydrogens is 416 g/mol. The van der Waals surface area contributed by atoms with E-state index in [1.165, 1.54) is 12.1 Å². The fourth-order valence-corrected chi connectivity index (χ4v) is 6.61. The van der Waals surface area contributed by atoms with E-state index in [4.69, 9.17) is 9.47 Å². The molecule has 1 amide bonds. The van der Waals surface area contributed by atoms with Crippen molar-refractivity contribution in [3.05, 3.63) is 42.1 Å². The number of amides is 1. The Balaban J connectivity index is 1.24. The maximum Gasteiger partial charge on any atom is 0.230 e. The molecule has 1 N–H and O–H groups in total. The number of hydrogen-bond acceptors (Lipinski definition) is 6. The van der Waals surface area contributed by atoms with Gasteiger partial charge in [-0.2, -0.15) is 0 Å². The maximum absolute atomic E-state index is 13.9. The molecule has 7 nitrogen and oxygen atoms in total. The molecule has 7 rings (SSSR count). The lowest BCUT2D eigenvalue weighted by molar-refractivity contribution is -0.122. The Morgan fingerprint density at radius 2 is 2.27 bits per heavy atom. The predicted molar refractivity (Wildman–Crippen MR) is 126 cm³/mol. The van der Waals surface area contributed by atoms with Crippen LogP contribution in [0, 0.1) is 11.8 Å². The van der Waals surface area contributed by atoms with E-state index in [1.54, 1.807) is 6.20 Å². The number of carbonyl (C=O) groups is 1. The second-order valence-electron chi connectivity index (χ2n) is 10.2. The number of hydrogen-bond donors (Lipinski definition) is 1. The van der Waals surface area contributed by atoms with Crippen LogP contribution in [-0.4, -0.2) is 48.4 Å². The molecule has 1 unspecified atom stereocenters. The van der Waals surface area contributed by atoms with Crippen molar-refractivity contribution in [2.75, 3.05) is 34.9 Å². The average Bonchev–Trinajstić information content (AvgIpc) is 3.08. The third-order valence-electron chi connectivity index (χ3n) is 8.40. The first-order valence-corrected chi connectivity index (χ1v) is 12.3. The van der Waals surface area contributed by atoms with Gasteiger partial charge in [0.25, 0.3) is 0 Å². The molecule has 4 fully saturated rings. The van der Waals surface area contributed by atoms with Crippen LogP contribution in [-0.2, 0) is 20.8 Å². The van der Waals surface area contributed by atoms with Crippen molar-refractivity contribution < 1.29 is 14.3 Å². The van der Waals surface area contributed by atoms with E-state index in [0.29, 0.717) is 25.1 Å². The standard InChI is InChI=1S/C26H30N4O3/c1-2-32-19-7-5-16(10-19)25(31)29-13-17-4-3-9-27-24(17)28-21-8-6-18(11-22(21)29)30-15-26-12-20(26)23(30)14-33-26/h3-4,6,8-9,11,16,19-20,23H,2,5,7,10,12-15H2,1H3,(H,27,28)/t16-,19+,20?,23-,26-/m0/s1. The molecule has 0 spiro atoms. The first-order valence-electron chi connectivity index (χ1n) is 12.3. The van der Waals surface area contributed by atoms with E-state index in [-0.39, 0.29) is 23.5 Å². The van der Waals surface area contributed by atoms with Gasteiger partial charge in [0, 0.05) is 42.4 Å². The highest BCUT2D eigenvalue weighted by Crippen LogP contribution is 2.61. The summed E-state index contributed by atoms with van der Waals surface area (Å²) in [6.07, 6.45) is 5.85. The van der Waals surface area contributed by atoms with E-state index < -0.39 is 0 Å². The fourth-order valence-electron chi connectivity index (χ4n) is 6.61. The van der Waals surface area contributed by atoms with E-state index in [9.17, 15) is 4.79 Å². The first-order chi connectivity index (χ1) is 16.1. The highest BCUT2D eigenvalue weighted by molar-refractivity contribution is 6.00. The van der Waals surface area contributed by atoms with Crippen molar-refractivity contribution in [1.82, 2.24) is 4.98 Å². The summed E-state index contributed by atoms with van der Waals surface area (Å²) < 4.78 is 11.9. The molecular formula is C26H30N4O3. The summed E-state index contributed by atoms with van der Waals surface area (Å²) >= 11 is 0. The molecule has 2 aliphatic carbocycles. The molecule has 1 aromatic carbocycles. The smallest absolute Gasteiger partial charge is 0.230 e. The van der Waals surface area contributed by atoms with Gasteiger partial charge >= 0.3 is 0 Å². The molecule has 0 radical (unpaired) electrons. The molecule has 7 heteroatoms. The number of nitrogens with zero attached hydrogens (tertiary/aromatic N) is 3. The lowest BCUT2D eigenvalue weighted by Gasteiger charge is -2.35. The zero-order valence-electron chi connectivity index (χ0n) is 19.0. The van der Waals surface area contributed by atoms with Crippen LogP contribution in [0.4, 0.5) is 22.9 Å². The van der Waals surface area contributed by atoms with Crippen molar-refractivity contribution >= 4 is 28.8 Å². The van der Waals surface area contributed by atoms with Crippen LogP contribution in [0.5, 0.6) is 0 Å². The number of piperidine rings is 1. The van der Waals surface area contributed by atoms with Gasteiger partial charge < -0.3 is 24.6 Å². The summed E-state index contributed by atoms with van der Waals surface area (Å²) in [5, 5.41) is 3.50. The monoisotopic (exact) mass is 446 g/mol. The number of morpholine rings is 1. The fraction of sp³-hybridized carbons (Fsp3) is 0.538. The van der Waals surface area contributed by atoms with E-state index >= 15 is 0 Å². The Kier molecular flexibility index (Phi) is 4.31. The molecule has 5 atom stereocenters. The summed E-state index contributed by atoms with van der Waals surface area (Å²) in [4.78, 5) is 22.9. The number of nitrogens with one attached hydrogen (secondary N) is 1. The molecule has 2 saturated carbocycles. The van der Waals surface area contributed by atoms with Gasteiger partial charge in [0.15, 0.2) is 0 Å². The highest BCUT2D eigenvalue weighted by Gasteiger charge is 2.70. The number of anilines is 4. The predicted octanol–water partition coefficient (Wildman–Crippen LogP) is 3.85. The maximum atomic E-state index is 13.9. The number of pyridine rings is 1. The largest absolute Gasteiger partial charge is 0.378 e.